The fourth-order valence-electron chi connectivity index (χ4n) is 1.90. The number of rotatable bonds is 3. The van der Waals surface area contributed by atoms with Gasteiger partial charge in [-0.2, -0.15) is 5.26 Å². The van der Waals surface area contributed by atoms with Crippen LogP contribution >= 0.6 is 0 Å². The highest BCUT2D eigenvalue weighted by Crippen LogP contribution is 2.18. The predicted molar refractivity (Wildman–Crippen MR) is 54.2 cm³/mol. The van der Waals surface area contributed by atoms with Gasteiger partial charge in [0.1, 0.15) is 0 Å². The van der Waals surface area contributed by atoms with E-state index in [0.29, 0.717) is 0 Å². The minimum Gasteiger partial charge on any atom is -0.299 e. The van der Waals surface area contributed by atoms with Gasteiger partial charge in [-0.05, 0) is 25.3 Å². The fourth-order valence-corrected chi connectivity index (χ4v) is 1.90. The molecule has 0 saturated carbocycles. The van der Waals surface area contributed by atoms with Crippen LogP contribution < -0.4 is 0 Å². The normalized spacial score (nSPS) is 24.8. The average Bonchev–Trinajstić information content (AvgIpc) is 2.19. The van der Waals surface area contributed by atoms with E-state index in [-0.39, 0.29) is 0 Å². The Labute approximate surface area is 80.8 Å². The predicted octanol–water partition coefficient (Wildman–Crippen LogP) is 2.19. The maximum Gasteiger partial charge on any atom is 0.0909 e. The number of allylic oxidation sites excluding steroid dienone is 1. The lowest BCUT2D eigenvalue weighted by molar-refractivity contribution is 0.188. The van der Waals surface area contributed by atoms with Crippen molar-refractivity contribution in [3.8, 4) is 6.07 Å². The van der Waals surface area contributed by atoms with Crippen LogP contribution in [0.5, 0.6) is 0 Å². The lowest BCUT2D eigenvalue weighted by Gasteiger charge is -2.31. The number of nitrogens with zero attached hydrogens (tertiary/aromatic N) is 2. The summed E-state index contributed by atoms with van der Waals surface area (Å²) in [5, 5.41) is 8.34. The van der Waals surface area contributed by atoms with Crippen molar-refractivity contribution >= 4 is 0 Å². The zero-order valence-corrected chi connectivity index (χ0v) is 8.37. The summed E-state index contributed by atoms with van der Waals surface area (Å²) in [6.45, 7) is 5.63. The monoisotopic (exact) mass is 178 g/mol. The second kappa shape index (κ2) is 5.77. The summed E-state index contributed by atoms with van der Waals surface area (Å²) in [6, 6.07) is 2.03. The molecule has 0 radical (unpaired) electrons. The molecule has 1 atom stereocenters. The Morgan fingerprint density at radius 1 is 1.62 bits per heavy atom. The van der Waals surface area contributed by atoms with E-state index >= 15 is 0 Å². The highest BCUT2D eigenvalue weighted by Gasteiger charge is 2.16. The van der Waals surface area contributed by atoms with Gasteiger partial charge in [-0.15, -0.1) is 0 Å². The molecular formula is C11H18N2. The first-order chi connectivity index (χ1) is 6.36. The molecule has 1 rings (SSSR count). The molecule has 0 spiro atoms. The fraction of sp³-hybridized carbons (Fsp3) is 0.727. The van der Waals surface area contributed by atoms with E-state index in [1.54, 1.807) is 6.08 Å². The topological polar surface area (TPSA) is 27.0 Å². The van der Waals surface area contributed by atoms with Crippen molar-refractivity contribution in [2.75, 3.05) is 19.6 Å². The molecule has 0 bridgehead atoms. The van der Waals surface area contributed by atoms with Crippen molar-refractivity contribution in [3.63, 3.8) is 0 Å². The van der Waals surface area contributed by atoms with E-state index in [4.69, 9.17) is 5.26 Å². The Morgan fingerprint density at radius 3 is 3.15 bits per heavy atom. The zero-order chi connectivity index (χ0) is 9.52. The van der Waals surface area contributed by atoms with Crippen LogP contribution in [0, 0.1) is 17.2 Å². The molecule has 13 heavy (non-hydrogen) atoms. The van der Waals surface area contributed by atoms with E-state index in [9.17, 15) is 0 Å². The third kappa shape index (κ3) is 3.61. The van der Waals surface area contributed by atoms with Crippen molar-refractivity contribution in [1.29, 1.82) is 5.26 Å². The summed E-state index contributed by atoms with van der Waals surface area (Å²) in [5.41, 5.74) is 0. The maximum absolute atomic E-state index is 8.34. The molecule has 2 nitrogen and oxygen atoms in total. The third-order valence-corrected chi connectivity index (χ3v) is 2.74. The molecule has 0 aromatic heterocycles. The summed E-state index contributed by atoms with van der Waals surface area (Å²) in [5.74, 6) is 0.879. The average molecular weight is 178 g/mol. The second-order valence-corrected chi connectivity index (χ2v) is 3.71. The molecule has 1 aliphatic heterocycles. The van der Waals surface area contributed by atoms with Crippen LogP contribution in [0.15, 0.2) is 12.2 Å². The molecule has 1 heterocycles. The Morgan fingerprint density at radius 2 is 2.46 bits per heavy atom. The van der Waals surface area contributed by atoms with Crippen LogP contribution in [0.1, 0.15) is 26.2 Å². The van der Waals surface area contributed by atoms with Crippen LogP contribution in [0.3, 0.4) is 0 Å². The van der Waals surface area contributed by atoms with Gasteiger partial charge in [0.15, 0.2) is 0 Å². The Kier molecular flexibility index (Phi) is 4.56. The highest BCUT2D eigenvalue weighted by atomic mass is 15.1. The van der Waals surface area contributed by atoms with Crippen LogP contribution in [-0.2, 0) is 0 Å². The third-order valence-electron chi connectivity index (χ3n) is 2.74. The van der Waals surface area contributed by atoms with Gasteiger partial charge in [0.2, 0.25) is 0 Å². The Hall–Kier alpha value is -0.810. The van der Waals surface area contributed by atoms with Crippen molar-refractivity contribution < 1.29 is 0 Å². The number of hydrogen-bond acceptors (Lipinski definition) is 2. The van der Waals surface area contributed by atoms with Crippen molar-refractivity contribution in [3.05, 3.63) is 12.2 Å². The summed E-state index contributed by atoms with van der Waals surface area (Å²) >= 11 is 0. The largest absolute Gasteiger partial charge is 0.299 e. The van der Waals surface area contributed by atoms with E-state index in [0.717, 1.165) is 12.5 Å². The molecule has 0 aliphatic carbocycles. The minimum absolute atomic E-state index is 0.879. The second-order valence-electron chi connectivity index (χ2n) is 3.71. The summed E-state index contributed by atoms with van der Waals surface area (Å²) < 4.78 is 0. The molecule has 0 aromatic carbocycles. The molecule has 0 N–H and O–H groups in total. The SMILES string of the molecule is CCC1CCCN(C/C=C/C#N)C1. The molecule has 2 heteroatoms. The first-order valence-corrected chi connectivity index (χ1v) is 5.13. The summed E-state index contributed by atoms with van der Waals surface area (Å²) in [4.78, 5) is 2.44. The van der Waals surface area contributed by atoms with Crippen LogP contribution in [0.25, 0.3) is 0 Å². The van der Waals surface area contributed by atoms with Crippen molar-refractivity contribution in [2.45, 2.75) is 26.2 Å². The van der Waals surface area contributed by atoms with E-state index in [2.05, 4.69) is 11.8 Å². The quantitative estimate of drug-likeness (QED) is 0.619. The van der Waals surface area contributed by atoms with Gasteiger partial charge in [-0.25, -0.2) is 0 Å². The van der Waals surface area contributed by atoms with Crippen LogP contribution in [0.4, 0.5) is 0 Å². The molecule has 1 unspecified atom stereocenters. The van der Waals surface area contributed by atoms with Gasteiger partial charge < -0.3 is 0 Å². The van der Waals surface area contributed by atoms with Crippen molar-refractivity contribution in [2.24, 2.45) is 5.92 Å². The molecule has 0 aromatic rings. The van der Waals surface area contributed by atoms with E-state index in [1.165, 1.54) is 32.4 Å². The standard InChI is InChI=1S/C11H18N2/c1-2-11-6-5-9-13(10-11)8-4-3-7-12/h3-4,11H,2,5-6,8-10H2,1H3/b4-3+. The highest BCUT2D eigenvalue weighted by molar-refractivity contribution is 5.02. The Bertz CT molecular complexity index is 203. The van der Waals surface area contributed by atoms with Crippen LogP contribution in [-0.4, -0.2) is 24.5 Å². The number of nitriles is 1. The van der Waals surface area contributed by atoms with Gasteiger partial charge >= 0.3 is 0 Å². The number of likely N-dealkylation sites (tertiary alicyclic amines) is 1. The molecular weight excluding hydrogens is 160 g/mol. The van der Waals surface area contributed by atoms with E-state index < -0.39 is 0 Å². The van der Waals surface area contributed by atoms with Crippen LogP contribution in [0.2, 0.25) is 0 Å². The lowest BCUT2D eigenvalue weighted by Crippen LogP contribution is -2.35. The zero-order valence-electron chi connectivity index (χ0n) is 8.37. The van der Waals surface area contributed by atoms with E-state index in [1.807, 2.05) is 12.1 Å². The summed E-state index contributed by atoms with van der Waals surface area (Å²) in [6.07, 6.45) is 7.53. The minimum atomic E-state index is 0.879. The van der Waals surface area contributed by atoms with Crippen molar-refractivity contribution in [1.82, 2.24) is 4.90 Å². The maximum atomic E-state index is 8.34. The number of hydrogen-bond donors (Lipinski definition) is 0. The van der Waals surface area contributed by atoms with Gasteiger partial charge in [-0.3, -0.25) is 4.90 Å². The first-order valence-electron chi connectivity index (χ1n) is 5.13. The molecule has 1 saturated heterocycles. The summed E-state index contributed by atoms with van der Waals surface area (Å²) in [7, 11) is 0. The van der Waals surface area contributed by atoms with Gasteiger partial charge in [0.05, 0.1) is 6.07 Å². The smallest absolute Gasteiger partial charge is 0.0909 e. The van der Waals surface area contributed by atoms with Gasteiger partial charge in [-0.1, -0.05) is 19.4 Å². The molecule has 0 amide bonds. The van der Waals surface area contributed by atoms with Gasteiger partial charge in [0, 0.05) is 19.2 Å². The molecule has 1 aliphatic rings. The first kappa shape index (κ1) is 10.3. The number of piperidine rings is 1. The Balaban J connectivity index is 2.26. The van der Waals surface area contributed by atoms with Gasteiger partial charge in [0.25, 0.3) is 0 Å². The molecule has 72 valence electrons. The lowest BCUT2D eigenvalue weighted by atomic mass is 9.96. The molecule has 1 fully saturated rings.